The number of imidazole rings is 1. The summed E-state index contributed by atoms with van der Waals surface area (Å²) in [6.07, 6.45) is 6.00. The SMILES string of the molecule is c1ccn2c3c(nc2c1)CCc1cn[nH]c1-3. The van der Waals surface area contributed by atoms with Gasteiger partial charge in [-0.3, -0.25) is 9.50 Å². The van der Waals surface area contributed by atoms with E-state index >= 15 is 0 Å². The highest BCUT2D eigenvalue weighted by atomic mass is 15.1. The third-order valence-electron chi connectivity index (χ3n) is 3.19. The summed E-state index contributed by atoms with van der Waals surface area (Å²) in [6, 6.07) is 6.08. The van der Waals surface area contributed by atoms with E-state index in [-0.39, 0.29) is 0 Å². The van der Waals surface area contributed by atoms with Crippen LogP contribution in [-0.2, 0) is 12.8 Å². The molecule has 0 radical (unpaired) electrons. The van der Waals surface area contributed by atoms with E-state index in [1.54, 1.807) is 0 Å². The molecule has 0 bridgehead atoms. The van der Waals surface area contributed by atoms with Crippen molar-refractivity contribution in [2.75, 3.05) is 0 Å². The molecule has 78 valence electrons. The van der Waals surface area contributed by atoms with Gasteiger partial charge in [0, 0.05) is 6.20 Å². The van der Waals surface area contributed by atoms with Crippen molar-refractivity contribution >= 4 is 5.65 Å². The second kappa shape index (κ2) is 2.72. The molecule has 0 aromatic carbocycles. The van der Waals surface area contributed by atoms with Crippen LogP contribution in [0.5, 0.6) is 0 Å². The normalized spacial score (nSPS) is 13.8. The zero-order valence-corrected chi connectivity index (χ0v) is 8.64. The van der Waals surface area contributed by atoms with Crippen LogP contribution in [0.4, 0.5) is 0 Å². The van der Waals surface area contributed by atoms with Crippen molar-refractivity contribution in [3.05, 3.63) is 41.9 Å². The first-order valence-corrected chi connectivity index (χ1v) is 5.42. The van der Waals surface area contributed by atoms with E-state index in [2.05, 4.69) is 25.8 Å². The van der Waals surface area contributed by atoms with Crippen molar-refractivity contribution in [1.82, 2.24) is 19.6 Å². The third-order valence-corrected chi connectivity index (χ3v) is 3.19. The number of hydrogen-bond acceptors (Lipinski definition) is 2. The van der Waals surface area contributed by atoms with Crippen LogP contribution in [0.3, 0.4) is 0 Å². The number of hydrogen-bond donors (Lipinski definition) is 1. The van der Waals surface area contributed by atoms with Gasteiger partial charge in [0.1, 0.15) is 5.65 Å². The molecule has 0 fully saturated rings. The van der Waals surface area contributed by atoms with E-state index in [0.29, 0.717) is 0 Å². The Morgan fingerprint density at radius 3 is 3.25 bits per heavy atom. The number of nitrogens with one attached hydrogen (secondary N) is 1. The van der Waals surface area contributed by atoms with E-state index in [1.165, 1.54) is 17.0 Å². The van der Waals surface area contributed by atoms with Gasteiger partial charge in [0.25, 0.3) is 0 Å². The lowest BCUT2D eigenvalue weighted by Crippen LogP contribution is -2.03. The van der Waals surface area contributed by atoms with Gasteiger partial charge in [-0.05, 0) is 30.5 Å². The molecule has 0 amide bonds. The molecule has 0 spiro atoms. The molecule has 0 saturated heterocycles. The second-order valence-electron chi connectivity index (χ2n) is 4.11. The molecule has 1 aliphatic carbocycles. The molecule has 1 aliphatic rings. The average molecular weight is 210 g/mol. The van der Waals surface area contributed by atoms with Crippen molar-refractivity contribution in [2.24, 2.45) is 0 Å². The summed E-state index contributed by atoms with van der Waals surface area (Å²) < 4.78 is 2.13. The summed E-state index contributed by atoms with van der Waals surface area (Å²) in [6.45, 7) is 0. The monoisotopic (exact) mass is 210 g/mol. The smallest absolute Gasteiger partial charge is 0.137 e. The van der Waals surface area contributed by atoms with E-state index in [1.807, 2.05) is 24.4 Å². The molecule has 1 N–H and O–H groups in total. The minimum atomic E-state index is 1.00. The fourth-order valence-corrected chi connectivity index (χ4v) is 2.44. The predicted octanol–water partition coefficient (Wildman–Crippen LogP) is 1.82. The molecular weight excluding hydrogens is 200 g/mol. The highest BCUT2D eigenvalue weighted by molar-refractivity contribution is 5.68. The summed E-state index contributed by atoms with van der Waals surface area (Å²) in [7, 11) is 0. The number of pyridine rings is 1. The molecule has 3 heterocycles. The molecule has 16 heavy (non-hydrogen) atoms. The Morgan fingerprint density at radius 2 is 2.25 bits per heavy atom. The summed E-state index contributed by atoms with van der Waals surface area (Å²) in [5.74, 6) is 0. The topological polar surface area (TPSA) is 46.0 Å². The number of H-pyrrole nitrogens is 1. The highest BCUT2D eigenvalue weighted by Gasteiger charge is 2.22. The van der Waals surface area contributed by atoms with Crippen LogP contribution in [0, 0.1) is 0 Å². The molecule has 0 unspecified atom stereocenters. The molecule has 0 saturated carbocycles. The largest absolute Gasteiger partial charge is 0.298 e. The Morgan fingerprint density at radius 1 is 1.25 bits per heavy atom. The van der Waals surface area contributed by atoms with Gasteiger partial charge >= 0.3 is 0 Å². The Hall–Kier alpha value is -2.10. The summed E-state index contributed by atoms with van der Waals surface area (Å²) in [5.41, 5.74) is 5.77. The zero-order valence-electron chi connectivity index (χ0n) is 8.64. The van der Waals surface area contributed by atoms with E-state index < -0.39 is 0 Å². The van der Waals surface area contributed by atoms with Crippen LogP contribution in [0.2, 0.25) is 0 Å². The molecule has 3 aromatic heterocycles. The minimum Gasteiger partial charge on any atom is -0.298 e. The van der Waals surface area contributed by atoms with Crippen molar-refractivity contribution < 1.29 is 0 Å². The number of aryl methyl sites for hydroxylation is 2. The minimum absolute atomic E-state index is 1.00. The van der Waals surface area contributed by atoms with Crippen LogP contribution >= 0.6 is 0 Å². The van der Waals surface area contributed by atoms with E-state index in [0.717, 1.165) is 24.2 Å². The molecule has 4 nitrogen and oxygen atoms in total. The fraction of sp³-hybridized carbons (Fsp3) is 0.167. The van der Waals surface area contributed by atoms with Crippen LogP contribution < -0.4 is 0 Å². The maximum absolute atomic E-state index is 4.65. The van der Waals surface area contributed by atoms with Gasteiger partial charge in [0.05, 0.1) is 23.3 Å². The quantitative estimate of drug-likeness (QED) is 0.615. The summed E-state index contributed by atoms with van der Waals surface area (Å²) in [4.78, 5) is 4.65. The van der Waals surface area contributed by atoms with E-state index in [4.69, 9.17) is 0 Å². The van der Waals surface area contributed by atoms with Gasteiger partial charge in [-0.15, -0.1) is 0 Å². The Kier molecular flexibility index (Phi) is 1.38. The van der Waals surface area contributed by atoms with Crippen LogP contribution in [0.1, 0.15) is 11.3 Å². The lowest BCUT2D eigenvalue weighted by Gasteiger charge is -2.10. The lowest BCUT2D eigenvalue weighted by atomic mass is 9.99. The molecule has 4 rings (SSSR count). The molecule has 4 heteroatoms. The van der Waals surface area contributed by atoms with Crippen molar-refractivity contribution in [3.63, 3.8) is 0 Å². The first-order valence-electron chi connectivity index (χ1n) is 5.42. The third kappa shape index (κ3) is 0.888. The van der Waals surface area contributed by atoms with Crippen LogP contribution in [0.25, 0.3) is 17.0 Å². The second-order valence-corrected chi connectivity index (χ2v) is 4.11. The lowest BCUT2D eigenvalue weighted by molar-refractivity contribution is 0.907. The molecule has 0 atom stereocenters. The first-order chi connectivity index (χ1) is 7.93. The Labute approximate surface area is 91.9 Å². The maximum Gasteiger partial charge on any atom is 0.137 e. The highest BCUT2D eigenvalue weighted by Crippen LogP contribution is 2.31. The number of rotatable bonds is 0. The van der Waals surface area contributed by atoms with E-state index in [9.17, 15) is 0 Å². The van der Waals surface area contributed by atoms with Crippen LogP contribution in [0.15, 0.2) is 30.6 Å². The van der Waals surface area contributed by atoms with Gasteiger partial charge in [0.2, 0.25) is 0 Å². The van der Waals surface area contributed by atoms with Gasteiger partial charge in [-0.2, -0.15) is 5.10 Å². The maximum atomic E-state index is 4.65. The molecule has 3 aromatic rings. The zero-order chi connectivity index (χ0) is 10.5. The predicted molar refractivity (Wildman–Crippen MR) is 60.2 cm³/mol. The van der Waals surface area contributed by atoms with Gasteiger partial charge in [-0.25, -0.2) is 4.98 Å². The van der Waals surface area contributed by atoms with Crippen molar-refractivity contribution in [3.8, 4) is 11.4 Å². The van der Waals surface area contributed by atoms with Gasteiger partial charge < -0.3 is 0 Å². The Bertz CT molecular complexity index is 677. The average Bonchev–Trinajstić information content (AvgIpc) is 2.91. The standard InChI is InChI=1S/C12H10N4/c1-2-6-16-10(3-1)14-9-5-4-8-7-13-15-11(8)12(9)16/h1-3,6-7H,4-5H2,(H,13,15). The number of nitrogens with zero attached hydrogens (tertiary/aromatic N) is 3. The number of aromatic nitrogens is 4. The van der Waals surface area contributed by atoms with Gasteiger partial charge in [0.15, 0.2) is 0 Å². The van der Waals surface area contributed by atoms with Crippen LogP contribution in [-0.4, -0.2) is 19.6 Å². The number of aromatic amines is 1. The molecular formula is C12H10N4. The van der Waals surface area contributed by atoms with Crippen molar-refractivity contribution in [2.45, 2.75) is 12.8 Å². The summed E-state index contributed by atoms with van der Waals surface area (Å²) >= 11 is 0. The van der Waals surface area contributed by atoms with Crippen molar-refractivity contribution in [1.29, 1.82) is 0 Å². The van der Waals surface area contributed by atoms with Gasteiger partial charge in [-0.1, -0.05) is 6.07 Å². The Balaban J connectivity index is 2.16. The summed E-state index contributed by atoms with van der Waals surface area (Å²) in [5, 5.41) is 7.20. The number of fused-ring (bicyclic) bond motifs is 5. The fourth-order valence-electron chi connectivity index (χ4n) is 2.44. The first kappa shape index (κ1) is 8.10. The molecule has 0 aliphatic heterocycles.